The van der Waals surface area contributed by atoms with E-state index >= 15 is 0 Å². The minimum Gasteiger partial charge on any atom is -0.497 e. The minimum absolute atomic E-state index is 0.0487. The number of rotatable bonds is 9. The number of methoxy groups -OCH3 is 1. The van der Waals surface area contributed by atoms with Crippen LogP contribution in [-0.4, -0.2) is 43.0 Å². The number of dihydropyridines is 1. The summed E-state index contributed by atoms with van der Waals surface area (Å²) in [6.45, 7) is 4.48. The standard InChI is InChI=1S/C30H28N2O8/c1-5-39-29(34)26-17(2)31-18(3)27(28(26)22-7-6-8-23(14-22)32(36)37)30(35)40-16-25(33)21-10-9-20-15-24(38-4)12-11-19(20)13-21/h6-15,28,31H,5,16H2,1-4H3/t28-/m0/s1. The second kappa shape index (κ2) is 11.8. The molecule has 1 atom stereocenters. The van der Waals surface area contributed by atoms with E-state index in [1.54, 1.807) is 58.2 Å². The Labute approximate surface area is 230 Å². The summed E-state index contributed by atoms with van der Waals surface area (Å²) in [6.07, 6.45) is 0. The van der Waals surface area contributed by atoms with E-state index in [4.69, 9.17) is 14.2 Å². The van der Waals surface area contributed by atoms with Crippen LogP contribution in [-0.2, 0) is 19.1 Å². The summed E-state index contributed by atoms with van der Waals surface area (Å²) in [5.74, 6) is -2.26. The lowest BCUT2D eigenvalue weighted by Gasteiger charge is -2.30. The number of fused-ring (bicyclic) bond motifs is 1. The number of benzene rings is 3. The summed E-state index contributed by atoms with van der Waals surface area (Å²) in [5, 5.41) is 16.2. The first-order valence-corrected chi connectivity index (χ1v) is 12.5. The molecule has 0 aromatic heterocycles. The van der Waals surface area contributed by atoms with Gasteiger partial charge in [-0.25, -0.2) is 9.59 Å². The van der Waals surface area contributed by atoms with Gasteiger partial charge in [0.05, 0.1) is 35.7 Å². The Bertz CT molecular complexity index is 1590. The number of Topliss-reactive ketones (excluding diaryl/α,β-unsaturated/α-hetero) is 1. The van der Waals surface area contributed by atoms with Crippen molar-refractivity contribution >= 4 is 34.2 Å². The number of carbonyl (C=O) groups excluding carboxylic acids is 3. The van der Waals surface area contributed by atoms with Crippen molar-refractivity contribution in [3.8, 4) is 5.75 Å². The summed E-state index contributed by atoms with van der Waals surface area (Å²) >= 11 is 0. The molecule has 0 amide bonds. The molecule has 10 nitrogen and oxygen atoms in total. The molecule has 0 saturated carbocycles. The van der Waals surface area contributed by atoms with E-state index in [-0.39, 0.29) is 23.4 Å². The highest BCUT2D eigenvalue weighted by molar-refractivity contribution is 6.04. The van der Waals surface area contributed by atoms with Crippen LogP contribution in [0, 0.1) is 10.1 Å². The molecule has 1 heterocycles. The molecule has 10 heteroatoms. The maximum atomic E-state index is 13.5. The molecule has 1 N–H and O–H groups in total. The van der Waals surface area contributed by atoms with Crippen molar-refractivity contribution in [2.75, 3.05) is 20.3 Å². The zero-order valence-electron chi connectivity index (χ0n) is 22.5. The predicted octanol–water partition coefficient (Wildman–Crippen LogP) is 4.98. The summed E-state index contributed by atoms with van der Waals surface area (Å²) in [7, 11) is 1.57. The monoisotopic (exact) mass is 544 g/mol. The maximum absolute atomic E-state index is 13.5. The number of nitrogens with one attached hydrogen (secondary N) is 1. The van der Waals surface area contributed by atoms with E-state index in [1.165, 1.54) is 18.2 Å². The fourth-order valence-electron chi connectivity index (χ4n) is 4.71. The highest BCUT2D eigenvalue weighted by atomic mass is 16.6. The van der Waals surface area contributed by atoms with Crippen LogP contribution in [0.3, 0.4) is 0 Å². The fourth-order valence-corrected chi connectivity index (χ4v) is 4.71. The number of hydrogen-bond acceptors (Lipinski definition) is 9. The summed E-state index contributed by atoms with van der Waals surface area (Å²) in [5.41, 5.74) is 1.49. The molecule has 0 spiro atoms. The molecule has 0 saturated heterocycles. The zero-order valence-corrected chi connectivity index (χ0v) is 22.5. The van der Waals surface area contributed by atoms with Crippen LogP contribution in [0.5, 0.6) is 5.75 Å². The Balaban J connectivity index is 1.64. The van der Waals surface area contributed by atoms with Gasteiger partial charge in [0.15, 0.2) is 12.4 Å². The first kappa shape index (κ1) is 28.0. The lowest BCUT2D eigenvalue weighted by Crippen LogP contribution is -2.33. The van der Waals surface area contributed by atoms with E-state index in [1.807, 2.05) is 12.1 Å². The molecule has 0 aliphatic carbocycles. The number of nitrogens with zero attached hydrogens (tertiary/aromatic N) is 1. The molecule has 0 unspecified atom stereocenters. The minimum atomic E-state index is -1.02. The van der Waals surface area contributed by atoms with Gasteiger partial charge in [0.1, 0.15) is 5.75 Å². The summed E-state index contributed by atoms with van der Waals surface area (Å²) < 4.78 is 15.9. The van der Waals surface area contributed by atoms with E-state index in [9.17, 15) is 24.5 Å². The Morgan fingerprint density at radius 2 is 1.55 bits per heavy atom. The lowest BCUT2D eigenvalue weighted by molar-refractivity contribution is -0.384. The van der Waals surface area contributed by atoms with Crippen LogP contribution in [0.2, 0.25) is 0 Å². The van der Waals surface area contributed by atoms with E-state index in [0.717, 1.165) is 10.8 Å². The van der Waals surface area contributed by atoms with Gasteiger partial charge in [-0.3, -0.25) is 14.9 Å². The number of ether oxygens (including phenoxy) is 3. The lowest BCUT2D eigenvalue weighted by atomic mass is 9.80. The van der Waals surface area contributed by atoms with Gasteiger partial charge in [-0.2, -0.15) is 0 Å². The third-order valence-electron chi connectivity index (χ3n) is 6.59. The summed E-state index contributed by atoms with van der Waals surface area (Å²) in [4.78, 5) is 50.3. The van der Waals surface area contributed by atoms with Gasteiger partial charge in [-0.15, -0.1) is 0 Å². The van der Waals surface area contributed by atoms with Crippen LogP contribution in [0.15, 0.2) is 83.2 Å². The van der Waals surface area contributed by atoms with Gasteiger partial charge in [0.25, 0.3) is 5.69 Å². The molecule has 0 radical (unpaired) electrons. The number of nitro groups is 1. The number of hydrogen-bond donors (Lipinski definition) is 1. The number of carbonyl (C=O) groups is 3. The van der Waals surface area contributed by atoms with E-state index < -0.39 is 35.2 Å². The number of nitro benzene ring substituents is 1. The Morgan fingerprint density at radius 3 is 2.20 bits per heavy atom. The van der Waals surface area contributed by atoms with Gasteiger partial charge < -0.3 is 19.5 Å². The van der Waals surface area contributed by atoms with Crippen molar-refractivity contribution in [1.29, 1.82) is 0 Å². The summed E-state index contributed by atoms with van der Waals surface area (Å²) in [6, 6.07) is 16.3. The van der Waals surface area contributed by atoms with Crippen LogP contribution in [0.1, 0.15) is 42.6 Å². The van der Waals surface area contributed by atoms with Crippen molar-refractivity contribution in [2.24, 2.45) is 0 Å². The van der Waals surface area contributed by atoms with Gasteiger partial charge in [0, 0.05) is 29.1 Å². The van der Waals surface area contributed by atoms with Crippen molar-refractivity contribution in [2.45, 2.75) is 26.7 Å². The van der Waals surface area contributed by atoms with E-state index in [2.05, 4.69) is 5.32 Å². The van der Waals surface area contributed by atoms with Gasteiger partial charge in [-0.1, -0.05) is 30.3 Å². The second-order valence-corrected chi connectivity index (χ2v) is 9.14. The smallest absolute Gasteiger partial charge is 0.337 e. The van der Waals surface area contributed by atoms with Crippen molar-refractivity contribution in [3.05, 3.63) is 104 Å². The van der Waals surface area contributed by atoms with Crippen molar-refractivity contribution in [3.63, 3.8) is 0 Å². The topological polar surface area (TPSA) is 134 Å². The van der Waals surface area contributed by atoms with Gasteiger partial charge in [0.2, 0.25) is 0 Å². The number of allylic oxidation sites excluding steroid dienone is 2. The molecular formula is C30H28N2O8. The highest BCUT2D eigenvalue weighted by Crippen LogP contribution is 2.40. The molecule has 1 aliphatic heterocycles. The van der Waals surface area contributed by atoms with Gasteiger partial charge in [-0.05, 0) is 55.3 Å². The predicted molar refractivity (Wildman–Crippen MR) is 147 cm³/mol. The molecule has 3 aromatic carbocycles. The van der Waals surface area contributed by atoms with Crippen LogP contribution in [0.25, 0.3) is 10.8 Å². The molecule has 1 aliphatic rings. The highest BCUT2D eigenvalue weighted by Gasteiger charge is 2.38. The molecule has 206 valence electrons. The van der Waals surface area contributed by atoms with Crippen molar-refractivity contribution in [1.82, 2.24) is 5.32 Å². The van der Waals surface area contributed by atoms with Crippen LogP contribution in [0.4, 0.5) is 5.69 Å². The average Bonchev–Trinajstić information content (AvgIpc) is 2.94. The fraction of sp³-hybridized carbons (Fsp3) is 0.233. The third-order valence-corrected chi connectivity index (χ3v) is 6.59. The Morgan fingerprint density at radius 1 is 0.900 bits per heavy atom. The zero-order chi connectivity index (χ0) is 29.0. The first-order valence-electron chi connectivity index (χ1n) is 12.5. The number of non-ortho nitro benzene ring substituents is 1. The average molecular weight is 545 g/mol. The first-order chi connectivity index (χ1) is 19.1. The Hall–Kier alpha value is -4.99. The normalized spacial score (nSPS) is 14.9. The maximum Gasteiger partial charge on any atom is 0.337 e. The molecule has 3 aromatic rings. The molecule has 4 rings (SSSR count). The van der Waals surface area contributed by atoms with Crippen LogP contribution >= 0.6 is 0 Å². The SMILES string of the molecule is CCOC(=O)C1=C(C)NC(C)=C(C(=O)OCC(=O)c2ccc3cc(OC)ccc3c2)[C@H]1c1cccc([N+](=O)[O-])c1. The third kappa shape index (κ3) is 5.70. The van der Waals surface area contributed by atoms with Crippen molar-refractivity contribution < 1.29 is 33.5 Å². The van der Waals surface area contributed by atoms with E-state index in [0.29, 0.717) is 28.3 Å². The molecule has 40 heavy (non-hydrogen) atoms. The number of ketones is 1. The number of esters is 2. The molecular weight excluding hydrogens is 516 g/mol. The van der Waals surface area contributed by atoms with Gasteiger partial charge >= 0.3 is 11.9 Å². The van der Waals surface area contributed by atoms with Crippen LogP contribution < -0.4 is 10.1 Å². The molecule has 0 fully saturated rings. The largest absolute Gasteiger partial charge is 0.497 e. The second-order valence-electron chi connectivity index (χ2n) is 9.14. The Kier molecular flexibility index (Phi) is 8.28. The molecule has 0 bridgehead atoms. The quantitative estimate of drug-likeness (QED) is 0.171.